The van der Waals surface area contributed by atoms with Gasteiger partial charge in [0.2, 0.25) is 5.95 Å². The van der Waals surface area contributed by atoms with Crippen LogP contribution in [0.4, 0.5) is 17.6 Å². The maximum atomic E-state index is 5.91. The molecule has 26 heavy (non-hydrogen) atoms. The molecule has 1 aliphatic carbocycles. The Kier molecular flexibility index (Phi) is 3.44. The summed E-state index contributed by atoms with van der Waals surface area (Å²) in [5.41, 5.74) is 9.09. The SMILES string of the molecule is Nc1nc(NC2CC2)cc(N2Cc3cnc(-c4ccccc4)nc3C2)n1. The van der Waals surface area contributed by atoms with Crippen LogP contribution in [0.2, 0.25) is 0 Å². The van der Waals surface area contributed by atoms with Crippen molar-refractivity contribution in [3.8, 4) is 11.4 Å². The van der Waals surface area contributed by atoms with Gasteiger partial charge in [0.25, 0.3) is 0 Å². The van der Waals surface area contributed by atoms with Crippen molar-refractivity contribution in [3.63, 3.8) is 0 Å². The highest BCUT2D eigenvalue weighted by atomic mass is 15.2. The molecule has 0 atom stereocenters. The molecule has 3 aromatic rings. The Bertz CT molecular complexity index is 953. The summed E-state index contributed by atoms with van der Waals surface area (Å²) in [7, 11) is 0. The van der Waals surface area contributed by atoms with Crippen molar-refractivity contribution in [2.24, 2.45) is 0 Å². The third kappa shape index (κ3) is 2.92. The van der Waals surface area contributed by atoms with E-state index in [0.717, 1.165) is 40.8 Å². The molecule has 5 rings (SSSR count). The number of fused-ring (bicyclic) bond motifs is 1. The number of nitrogens with one attached hydrogen (secondary N) is 1. The minimum absolute atomic E-state index is 0.290. The number of rotatable bonds is 4. The van der Waals surface area contributed by atoms with Crippen molar-refractivity contribution in [2.75, 3.05) is 16.0 Å². The zero-order valence-corrected chi connectivity index (χ0v) is 14.3. The van der Waals surface area contributed by atoms with Crippen molar-refractivity contribution in [2.45, 2.75) is 32.0 Å². The average Bonchev–Trinajstić information content (AvgIpc) is 3.36. The van der Waals surface area contributed by atoms with Crippen molar-refractivity contribution < 1.29 is 0 Å². The topological polar surface area (TPSA) is 92.8 Å². The summed E-state index contributed by atoms with van der Waals surface area (Å²) in [6.45, 7) is 1.42. The second-order valence-electron chi connectivity index (χ2n) is 6.78. The second-order valence-corrected chi connectivity index (χ2v) is 6.78. The van der Waals surface area contributed by atoms with E-state index in [9.17, 15) is 0 Å². The molecule has 1 aromatic carbocycles. The first-order chi connectivity index (χ1) is 12.7. The molecular weight excluding hydrogens is 326 g/mol. The highest BCUT2D eigenvalue weighted by Crippen LogP contribution is 2.30. The third-order valence-corrected chi connectivity index (χ3v) is 4.67. The fourth-order valence-electron chi connectivity index (χ4n) is 3.17. The van der Waals surface area contributed by atoms with Crippen molar-refractivity contribution >= 4 is 17.6 Å². The summed E-state index contributed by atoms with van der Waals surface area (Å²) < 4.78 is 0. The smallest absolute Gasteiger partial charge is 0.223 e. The molecule has 2 aliphatic rings. The Balaban J connectivity index is 1.41. The molecule has 3 heterocycles. The maximum absolute atomic E-state index is 5.91. The molecule has 2 aromatic heterocycles. The molecule has 1 saturated carbocycles. The summed E-state index contributed by atoms with van der Waals surface area (Å²) in [6.07, 6.45) is 4.29. The van der Waals surface area contributed by atoms with Gasteiger partial charge in [-0.3, -0.25) is 0 Å². The van der Waals surface area contributed by atoms with E-state index >= 15 is 0 Å². The zero-order chi connectivity index (χ0) is 17.5. The Hall–Kier alpha value is -3.22. The van der Waals surface area contributed by atoms with Crippen LogP contribution in [0.25, 0.3) is 11.4 Å². The molecule has 0 bridgehead atoms. The van der Waals surface area contributed by atoms with Crippen LogP contribution in [0.5, 0.6) is 0 Å². The monoisotopic (exact) mass is 345 g/mol. The molecule has 0 saturated heterocycles. The van der Waals surface area contributed by atoms with E-state index in [1.165, 1.54) is 12.8 Å². The number of hydrogen-bond donors (Lipinski definition) is 2. The van der Waals surface area contributed by atoms with Gasteiger partial charge in [-0.2, -0.15) is 9.97 Å². The molecule has 7 nitrogen and oxygen atoms in total. The molecule has 130 valence electrons. The number of nitrogens with zero attached hydrogens (tertiary/aromatic N) is 5. The quantitative estimate of drug-likeness (QED) is 0.751. The number of hydrogen-bond acceptors (Lipinski definition) is 7. The van der Waals surface area contributed by atoms with Crippen LogP contribution in [0, 0.1) is 0 Å². The fraction of sp³-hybridized carbons (Fsp3) is 0.263. The third-order valence-electron chi connectivity index (χ3n) is 4.67. The lowest BCUT2D eigenvalue weighted by Gasteiger charge is -2.17. The van der Waals surface area contributed by atoms with Gasteiger partial charge in [0.15, 0.2) is 5.82 Å². The molecule has 7 heteroatoms. The number of benzene rings is 1. The summed E-state index contributed by atoms with van der Waals surface area (Å²) >= 11 is 0. The normalized spacial score (nSPS) is 15.8. The van der Waals surface area contributed by atoms with Gasteiger partial charge >= 0.3 is 0 Å². The van der Waals surface area contributed by atoms with Gasteiger partial charge in [-0.15, -0.1) is 0 Å². The predicted octanol–water partition coefficient (Wildman–Crippen LogP) is 2.61. The predicted molar refractivity (Wildman–Crippen MR) is 100 cm³/mol. The van der Waals surface area contributed by atoms with Crippen molar-refractivity contribution in [1.29, 1.82) is 0 Å². The summed E-state index contributed by atoms with van der Waals surface area (Å²) in [5.74, 6) is 2.66. The van der Waals surface area contributed by atoms with Gasteiger partial charge in [0.05, 0.1) is 12.2 Å². The van der Waals surface area contributed by atoms with E-state index < -0.39 is 0 Å². The molecule has 1 fully saturated rings. The van der Waals surface area contributed by atoms with Crippen molar-refractivity contribution in [3.05, 3.63) is 53.9 Å². The number of nitrogen functional groups attached to an aromatic ring is 1. The Labute approximate surface area is 151 Å². The maximum Gasteiger partial charge on any atom is 0.223 e. The van der Waals surface area contributed by atoms with E-state index in [1.54, 1.807) is 0 Å². The van der Waals surface area contributed by atoms with Crippen molar-refractivity contribution in [1.82, 2.24) is 19.9 Å². The second kappa shape index (κ2) is 5.94. The number of aromatic nitrogens is 4. The number of nitrogens with two attached hydrogens (primary N) is 1. The van der Waals surface area contributed by atoms with Gasteiger partial charge < -0.3 is 16.0 Å². The largest absolute Gasteiger partial charge is 0.368 e. The molecule has 3 N–H and O–H groups in total. The molecule has 0 spiro atoms. The van der Waals surface area contributed by atoms with E-state index in [1.807, 2.05) is 42.6 Å². The Morgan fingerprint density at radius 3 is 2.69 bits per heavy atom. The summed E-state index contributed by atoms with van der Waals surface area (Å²) in [6, 6.07) is 12.5. The first-order valence-corrected chi connectivity index (χ1v) is 8.81. The van der Waals surface area contributed by atoms with E-state index in [2.05, 4.69) is 25.2 Å². The van der Waals surface area contributed by atoms with Gasteiger partial charge in [0, 0.05) is 36.0 Å². The summed E-state index contributed by atoms with van der Waals surface area (Å²) in [4.78, 5) is 20.1. The lowest BCUT2D eigenvalue weighted by atomic mass is 10.2. The van der Waals surface area contributed by atoms with Crippen LogP contribution in [-0.2, 0) is 13.1 Å². The van der Waals surface area contributed by atoms with E-state index in [4.69, 9.17) is 10.7 Å². The lowest BCUT2D eigenvalue weighted by molar-refractivity contribution is 0.845. The van der Waals surface area contributed by atoms with Gasteiger partial charge in [0.1, 0.15) is 11.6 Å². The van der Waals surface area contributed by atoms with Gasteiger partial charge in [-0.05, 0) is 12.8 Å². The first kappa shape index (κ1) is 15.1. The molecule has 1 aliphatic heterocycles. The summed E-state index contributed by atoms with van der Waals surface area (Å²) in [5, 5.41) is 3.39. The van der Waals surface area contributed by atoms with E-state index in [-0.39, 0.29) is 5.95 Å². The molecule has 0 radical (unpaired) electrons. The standard InChI is InChI=1S/C19H19N7/c20-19-24-16(22-14-6-7-14)8-17(25-19)26-10-13-9-21-18(23-15(13)11-26)12-4-2-1-3-5-12/h1-5,8-9,14H,6-7,10-11H2,(H3,20,22,24,25). The van der Waals surface area contributed by atoms with Gasteiger partial charge in [-0.1, -0.05) is 30.3 Å². The highest BCUT2D eigenvalue weighted by Gasteiger charge is 2.25. The highest BCUT2D eigenvalue weighted by molar-refractivity contribution is 5.58. The minimum Gasteiger partial charge on any atom is -0.368 e. The average molecular weight is 345 g/mol. The fourth-order valence-corrected chi connectivity index (χ4v) is 3.17. The first-order valence-electron chi connectivity index (χ1n) is 8.81. The zero-order valence-electron chi connectivity index (χ0n) is 14.3. The van der Waals surface area contributed by atoms with Crippen LogP contribution in [0.1, 0.15) is 24.1 Å². The Morgan fingerprint density at radius 2 is 1.88 bits per heavy atom. The molecular formula is C19H19N7. The molecule has 0 unspecified atom stereocenters. The van der Waals surface area contributed by atoms with Crippen LogP contribution in [0.3, 0.4) is 0 Å². The van der Waals surface area contributed by atoms with Gasteiger partial charge in [-0.25, -0.2) is 9.97 Å². The lowest BCUT2D eigenvalue weighted by Crippen LogP contribution is -2.18. The number of anilines is 3. The van der Waals surface area contributed by atoms with Crippen LogP contribution >= 0.6 is 0 Å². The Morgan fingerprint density at radius 1 is 1.04 bits per heavy atom. The van der Waals surface area contributed by atoms with Crippen LogP contribution < -0.4 is 16.0 Å². The van der Waals surface area contributed by atoms with Crippen LogP contribution in [-0.4, -0.2) is 26.0 Å². The minimum atomic E-state index is 0.290. The van der Waals surface area contributed by atoms with E-state index in [0.29, 0.717) is 12.6 Å². The molecule has 0 amide bonds. The van der Waals surface area contributed by atoms with Crippen LogP contribution in [0.15, 0.2) is 42.6 Å².